The summed E-state index contributed by atoms with van der Waals surface area (Å²) in [7, 11) is 4.39. The van der Waals surface area contributed by atoms with Gasteiger partial charge in [-0.3, -0.25) is 0 Å². The van der Waals surface area contributed by atoms with E-state index < -0.39 is 0 Å². The van der Waals surface area contributed by atoms with Gasteiger partial charge in [-0.2, -0.15) is 0 Å². The summed E-state index contributed by atoms with van der Waals surface area (Å²) in [5.41, 5.74) is 2.98. The molecule has 1 fully saturated rings. The largest absolute Gasteiger partial charge is 0.487 e. The Morgan fingerprint density at radius 1 is 1.18 bits per heavy atom. The summed E-state index contributed by atoms with van der Waals surface area (Å²) in [5.74, 6) is 1.81. The number of anilines is 2. The van der Waals surface area contributed by atoms with Gasteiger partial charge in [0.1, 0.15) is 35.1 Å². The summed E-state index contributed by atoms with van der Waals surface area (Å²) in [4.78, 5) is 16.7. The molecule has 1 unspecified atom stereocenters. The van der Waals surface area contributed by atoms with Crippen molar-refractivity contribution in [2.75, 3.05) is 39.0 Å². The Kier molecular flexibility index (Phi) is 8.21. The van der Waals surface area contributed by atoms with Crippen molar-refractivity contribution in [2.24, 2.45) is 5.92 Å². The molecule has 0 saturated carbocycles. The van der Waals surface area contributed by atoms with Crippen LogP contribution >= 0.6 is 22.9 Å². The number of aryl methyl sites for hydroxylation is 1. The number of halogens is 2. The van der Waals surface area contributed by atoms with E-state index in [9.17, 15) is 4.39 Å². The van der Waals surface area contributed by atoms with Crippen LogP contribution in [0, 0.1) is 11.7 Å². The van der Waals surface area contributed by atoms with Gasteiger partial charge in [0.25, 0.3) is 0 Å². The molecule has 1 saturated heterocycles. The molecule has 0 spiro atoms. The van der Waals surface area contributed by atoms with E-state index in [1.807, 2.05) is 35.6 Å². The third-order valence-electron chi connectivity index (χ3n) is 8.26. The molecule has 0 bridgehead atoms. The second kappa shape index (κ2) is 12.0. The van der Waals surface area contributed by atoms with Crippen molar-refractivity contribution in [1.82, 2.24) is 19.8 Å². The maximum Gasteiger partial charge on any atom is 0.142 e. The van der Waals surface area contributed by atoms with Gasteiger partial charge in [-0.15, -0.1) is 11.3 Å². The summed E-state index contributed by atoms with van der Waals surface area (Å²) in [5, 5.41) is 5.09. The molecule has 4 aromatic rings. The molecular weight excluding hydrogens is 545 g/mol. The molecule has 210 valence electrons. The molecule has 1 aliphatic heterocycles. The second-order valence-corrected chi connectivity index (χ2v) is 12.7. The number of thiophene rings is 1. The van der Waals surface area contributed by atoms with Gasteiger partial charge in [-0.1, -0.05) is 23.7 Å². The van der Waals surface area contributed by atoms with Gasteiger partial charge in [0.05, 0.1) is 10.4 Å². The van der Waals surface area contributed by atoms with E-state index in [0.29, 0.717) is 16.8 Å². The first-order valence-electron chi connectivity index (χ1n) is 14.0. The number of likely N-dealkylation sites (N-methyl/N-ethyl adjacent to an activating group) is 1. The van der Waals surface area contributed by atoms with Crippen molar-refractivity contribution in [3.8, 4) is 5.75 Å². The number of hydrogen-bond donors (Lipinski definition) is 1. The Labute approximate surface area is 244 Å². The van der Waals surface area contributed by atoms with Crippen LogP contribution in [0.5, 0.6) is 5.75 Å². The zero-order valence-electron chi connectivity index (χ0n) is 23.0. The van der Waals surface area contributed by atoms with E-state index in [0.717, 1.165) is 46.0 Å². The summed E-state index contributed by atoms with van der Waals surface area (Å²) in [6.07, 6.45) is 7.58. The average molecular weight is 580 g/mol. The van der Waals surface area contributed by atoms with Crippen LogP contribution in [0.1, 0.15) is 35.3 Å². The number of hydrogen-bond acceptors (Lipinski definition) is 7. The fraction of sp³-hybridized carbons (Fsp3) is 0.419. The molecule has 2 atom stereocenters. The third kappa shape index (κ3) is 6.10. The first-order chi connectivity index (χ1) is 19.4. The molecule has 1 aliphatic carbocycles. The van der Waals surface area contributed by atoms with Crippen molar-refractivity contribution >= 4 is 44.7 Å². The van der Waals surface area contributed by atoms with E-state index in [2.05, 4.69) is 39.2 Å². The van der Waals surface area contributed by atoms with Crippen LogP contribution in [-0.4, -0.2) is 59.5 Å². The highest BCUT2D eigenvalue weighted by Crippen LogP contribution is 2.41. The Bertz CT molecular complexity index is 1490. The van der Waals surface area contributed by atoms with Gasteiger partial charge < -0.3 is 19.9 Å². The van der Waals surface area contributed by atoms with Crippen molar-refractivity contribution in [2.45, 2.75) is 44.8 Å². The molecule has 1 N–H and O–H groups in total. The van der Waals surface area contributed by atoms with Crippen molar-refractivity contribution < 1.29 is 9.13 Å². The van der Waals surface area contributed by atoms with E-state index in [-0.39, 0.29) is 12.4 Å². The van der Waals surface area contributed by atoms with Crippen molar-refractivity contribution in [3.05, 3.63) is 75.6 Å². The lowest BCUT2D eigenvalue weighted by molar-refractivity contribution is 0.252. The monoisotopic (exact) mass is 579 g/mol. The van der Waals surface area contributed by atoms with Crippen LogP contribution in [0.15, 0.2) is 48.8 Å². The number of likely N-dealkylation sites (tertiary alicyclic amines) is 1. The Morgan fingerprint density at radius 2 is 2.08 bits per heavy atom. The van der Waals surface area contributed by atoms with Crippen LogP contribution in [0.25, 0.3) is 10.2 Å². The van der Waals surface area contributed by atoms with Gasteiger partial charge in [-0.25, -0.2) is 14.4 Å². The number of ether oxygens (including phenoxy) is 1. The lowest BCUT2D eigenvalue weighted by Gasteiger charge is -2.25. The minimum absolute atomic E-state index is 0.244. The number of aromatic nitrogens is 2. The molecule has 9 heteroatoms. The smallest absolute Gasteiger partial charge is 0.142 e. The summed E-state index contributed by atoms with van der Waals surface area (Å²) in [6, 6.07) is 12.7. The minimum Gasteiger partial charge on any atom is -0.487 e. The molecule has 3 heterocycles. The van der Waals surface area contributed by atoms with Gasteiger partial charge in [0.15, 0.2) is 0 Å². The number of rotatable bonds is 9. The van der Waals surface area contributed by atoms with E-state index in [1.54, 1.807) is 12.4 Å². The molecule has 0 radical (unpaired) electrons. The maximum atomic E-state index is 13.5. The standard InChI is InChI=1S/C31H35ClFN5OS/c1-37(2)24-11-13-38(17-24)12-10-20-6-8-25-28(15-20)40-31-29(25)30(34-19-35-31)36-23-7-9-27(26(32)16-23)39-18-21-4-3-5-22(33)14-21/h3-5,7,9,14,16,19-20,24H,6,8,10-13,15,17-18H2,1-2H3,(H,34,35,36)/t20?,24-/m0/s1. The molecule has 2 aromatic carbocycles. The normalized spacial score (nSPS) is 19.3. The number of nitrogens with zero attached hydrogens (tertiary/aromatic N) is 4. The lowest BCUT2D eigenvalue weighted by atomic mass is 9.85. The van der Waals surface area contributed by atoms with Crippen LogP contribution in [0.3, 0.4) is 0 Å². The molecule has 2 aliphatic rings. The van der Waals surface area contributed by atoms with Gasteiger partial charge in [-0.05, 0) is 107 Å². The van der Waals surface area contributed by atoms with E-state index in [4.69, 9.17) is 16.3 Å². The van der Waals surface area contributed by atoms with E-state index >= 15 is 0 Å². The molecule has 6 nitrogen and oxygen atoms in total. The minimum atomic E-state index is -0.283. The first-order valence-corrected chi connectivity index (χ1v) is 15.2. The van der Waals surface area contributed by atoms with Crippen LogP contribution in [0.4, 0.5) is 15.9 Å². The second-order valence-electron chi connectivity index (χ2n) is 11.2. The summed E-state index contributed by atoms with van der Waals surface area (Å²) in [6.45, 7) is 3.86. The highest BCUT2D eigenvalue weighted by atomic mass is 35.5. The molecule has 6 rings (SSSR count). The first kappa shape index (κ1) is 27.4. The predicted molar refractivity (Wildman–Crippen MR) is 162 cm³/mol. The number of nitrogens with one attached hydrogen (secondary N) is 1. The van der Waals surface area contributed by atoms with Crippen LogP contribution in [-0.2, 0) is 19.4 Å². The van der Waals surface area contributed by atoms with Gasteiger partial charge in [0, 0.05) is 23.2 Å². The fourth-order valence-corrected chi connectivity index (χ4v) is 7.48. The molecule has 40 heavy (non-hydrogen) atoms. The SMILES string of the molecule is CN(C)[C@H]1CCN(CCC2CCc3c(sc4ncnc(Nc5ccc(OCc6cccc(F)c6)c(Cl)c5)c34)C2)C1. The van der Waals surface area contributed by atoms with Crippen molar-refractivity contribution in [3.63, 3.8) is 0 Å². The molecular formula is C31H35ClFN5OS. The quantitative estimate of drug-likeness (QED) is 0.232. The van der Waals surface area contributed by atoms with Crippen LogP contribution in [0.2, 0.25) is 5.02 Å². The molecule has 0 amide bonds. The Hall–Kier alpha value is -2.78. The zero-order chi connectivity index (χ0) is 27.6. The topological polar surface area (TPSA) is 53.5 Å². The average Bonchev–Trinajstić information content (AvgIpc) is 3.57. The third-order valence-corrected chi connectivity index (χ3v) is 9.71. The fourth-order valence-electron chi connectivity index (χ4n) is 5.94. The Balaban J connectivity index is 1.11. The van der Waals surface area contributed by atoms with E-state index in [1.165, 1.54) is 61.5 Å². The van der Waals surface area contributed by atoms with Gasteiger partial charge >= 0.3 is 0 Å². The summed E-state index contributed by atoms with van der Waals surface area (Å²) >= 11 is 8.36. The highest BCUT2D eigenvalue weighted by Gasteiger charge is 2.28. The van der Waals surface area contributed by atoms with Gasteiger partial charge in [0.2, 0.25) is 0 Å². The zero-order valence-corrected chi connectivity index (χ0v) is 24.6. The number of fused-ring (bicyclic) bond motifs is 3. The van der Waals surface area contributed by atoms with Crippen molar-refractivity contribution in [1.29, 1.82) is 0 Å². The Morgan fingerprint density at radius 3 is 2.88 bits per heavy atom. The van der Waals surface area contributed by atoms with Crippen LogP contribution < -0.4 is 10.1 Å². The predicted octanol–water partition coefficient (Wildman–Crippen LogP) is 6.94. The summed E-state index contributed by atoms with van der Waals surface area (Å²) < 4.78 is 19.3. The lowest BCUT2D eigenvalue weighted by Crippen LogP contribution is -2.32. The maximum absolute atomic E-state index is 13.5. The highest BCUT2D eigenvalue weighted by molar-refractivity contribution is 7.19. The molecule has 2 aromatic heterocycles. The number of benzene rings is 2.